The van der Waals surface area contributed by atoms with Gasteiger partial charge in [-0.05, 0) is 24.4 Å². The van der Waals surface area contributed by atoms with Gasteiger partial charge in [-0.25, -0.2) is 0 Å². The van der Waals surface area contributed by atoms with Gasteiger partial charge in [-0.1, -0.05) is 0 Å². The van der Waals surface area contributed by atoms with Crippen LogP contribution < -0.4 is 4.72 Å². The minimum atomic E-state index is -0.331. The van der Waals surface area contributed by atoms with Crippen molar-refractivity contribution >= 4 is 11.9 Å². The van der Waals surface area contributed by atoms with E-state index in [1.54, 1.807) is 11.9 Å². The first kappa shape index (κ1) is 7.21. The van der Waals surface area contributed by atoms with Crippen LogP contribution in [-0.2, 0) is 0 Å². The number of aliphatic hydroxyl groups is 1. The molecule has 1 aromatic heterocycles. The first-order valence-corrected chi connectivity index (χ1v) is 4.44. The maximum atomic E-state index is 9.55. The van der Waals surface area contributed by atoms with Crippen molar-refractivity contribution in [1.82, 2.24) is 9.71 Å². The molecule has 0 radical (unpaired) electrons. The Balaban J connectivity index is 2.34. The third-order valence-corrected chi connectivity index (χ3v) is 2.70. The maximum Gasteiger partial charge on any atom is 0.0962 e. The number of nitrogens with one attached hydrogen (secondary N) is 2. The summed E-state index contributed by atoms with van der Waals surface area (Å²) in [5.74, 6) is 0. The number of hydrogen-bond acceptors (Lipinski definition) is 3. The molecule has 0 saturated heterocycles. The van der Waals surface area contributed by atoms with E-state index in [2.05, 4.69) is 9.71 Å². The summed E-state index contributed by atoms with van der Waals surface area (Å²) in [4.78, 5) is 4.14. The molecule has 1 unspecified atom stereocenters. The van der Waals surface area contributed by atoms with E-state index in [0.717, 1.165) is 23.6 Å². The molecule has 1 aliphatic heterocycles. The van der Waals surface area contributed by atoms with Crippen LogP contribution in [0.25, 0.3) is 0 Å². The Morgan fingerprint density at radius 3 is 3.45 bits per heavy atom. The summed E-state index contributed by atoms with van der Waals surface area (Å²) in [5.41, 5.74) is 0.944. The molecule has 60 valence electrons. The number of rotatable bonds is 0. The van der Waals surface area contributed by atoms with Crippen LogP contribution in [0.3, 0.4) is 0 Å². The molecule has 0 bridgehead atoms. The van der Waals surface area contributed by atoms with Crippen LogP contribution >= 0.6 is 11.9 Å². The van der Waals surface area contributed by atoms with Crippen LogP contribution in [0.4, 0.5) is 0 Å². The Labute approximate surface area is 69.3 Å². The largest absolute Gasteiger partial charge is 0.387 e. The van der Waals surface area contributed by atoms with Crippen molar-refractivity contribution in [1.29, 1.82) is 0 Å². The van der Waals surface area contributed by atoms with Gasteiger partial charge in [0.1, 0.15) is 0 Å². The molecule has 1 aromatic rings. The van der Waals surface area contributed by atoms with E-state index in [4.69, 9.17) is 0 Å². The van der Waals surface area contributed by atoms with Crippen LogP contribution in [0.5, 0.6) is 0 Å². The molecule has 0 amide bonds. The molecule has 3 nitrogen and oxygen atoms in total. The third-order valence-electron chi connectivity index (χ3n) is 1.77. The highest BCUT2D eigenvalue weighted by Crippen LogP contribution is 2.28. The normalized spacial score (nSPS) is 24.3. The van der Waals surface area contributed by atoms with E-state index in [0.29, 0.717) is 0 Å². The number of fused-ring (bicyclic) bond motifs is 1. The predicted molar refractivity (Wildman–Crippen MR) is 44.2 cm³/mol. The summed E-state index contributed by atoms with van der Waals surface area (Å²) in [6.45, 7) is 0.856. The fourth-order valence-corrected chi connectivity index (χ4v) is 2.00. The highest BCUT2D eigenvalue weighted by atomic mass is 32.2. The fraction of sp³-hybridized carbons (Fsp3) is 0.429. The minimum absolute atomic E-state index is 0.331. The second-order valence-electron chi connectivity index (χ2n) is 2.56. The Morgan fingerprint density at radius 1 is 1.64 bits per heavy atom. The molecule has 11 heavy (non-hydrogen) atoms. The molecule has 1 atom stereocenters. The number of aliphatic hydroxyl groups excluding tert-OH is 1. The van der Waals surface area contributed by atoms with Crippen LogP contribution in [0.1, 0.15) is 18.2 Å². The summed E-state index contributed by atoms with van der Waals surface area (Å²) >= 11 is 1.58. The molecule has 0 fully saturated rings. The summed E-state index contributed by atoms with van der Waals surface area (Å²) in [6, 6.07) is 1.97. The van der Waals surface area contributed by atoms with Crippen LogP contribution in [0.15, 0.2) is 17.2 Å². The number of hydrogen-bond donors (Lipinski definition) is 3. The Bertz CT molecular complexity index is 248. The monoisotopic (exact) mass is 170 g/mol. The molecule has 2 rings (SSSR count). The molecule has 3 N–H and O–H groups in total. The van der Waals surface area contributed by atoms with E-state index >= 15 is 0 Å². The van der Waals surface area contributed by atoms with E-state index in [-0.39, 0.29) is 6.10 Å². The van der Waals surface area contributed by atoms with E-state index in [9.17, 15) is 5.11 Å². The number of aromatic nitrogens is 1. The quantitative estimate of drug-likeness (QED) is 0.510. The SMILES string of the molecule is OC1CCNSc2cc[nH]c21. The van der Waals surface area contributed by atoms with Gasteiger partial charge in [0.25, 0.3) is 0 Å². The first-order valence-electron chi connectivity index (χ1n) is 3.63. The topological polar surface area (TPSA) is 48.0 Å². The highest BCUT2D eigenvalue weighted by molar-refractivity contribution is 7.97. The average Bonchev–Trinajstić information content (AvgIpc) is 2.40. The lowest BCUT2D eigenvalue weighted by Gasteiger charge is -2.04. The van der Waals surface area contributed by atoms with Crippen LogP contribution in [0.2, 0.25) is 0 Å². The molecule has 0 saturated carbocycles. The lowest BCUT2D eigenvalue weighted by molar-refractivity contribution is 0.163. The maximum absolute atomic E-state index is 9.55. The predicted octanol–water partition coefficient (Wildman–Crippen LogP) is 1.05. The zero-order valence-corrected chi connectivity index (χ0v) is 6.82. The average molecular weight is 170 g/mol. The smallest absolute Gasteiger partial charge is 0.0962 e. The Hall–Kier alpha value is -0.450. The van der Waals surface area contributed by atoms with Crippen molar-refractivity contribution in [2.45, 2.75) is 17.4 Å². The highest BCUT2D eigenvalue weighted by Gasteiger charge is 2.16. The van der Waals surface area contributed by atoms with Gasteiger partial charge < -0.3 is 10.1 Å². The minimum Gasteiger partial charge on any atom is -0.387 e. The zero-order chi connectivity index (χ0) is 7.68. The van der Waals surface area contributed by atoms with E-state index in [1.165, 1.54) is 0 Å². The second kappa shape index (κ2) is 2.89. The van der Waals surface area contributed by atoms with Gasteiger partial charge in [0.2, 0.25) is 0 Å². The number of H-pyrrole nitrogens is 1. The Kier molecular flexibility index (Phi) is 1.89. The van der Waals surface area contributed by atoms with Gasteiger partial charge in [0, 0.05) is 17.6 Å². The molecule has 1 aliphatic rings. The standard InChI is InChI=1S/C7H10N2OS/c10-5-1-4-9-11-6-2-3-8-7(5)6/h2-3,5,8-10H,1,4H2. The lowest BCUT2D eigenvalue weighted by atomic mass is 10.2. The van der Waals surface area contributed by atoms with Gasteiger partial charge in [-0.15, -0.1) is 0 Å². The summed E-state index contributed by atoms with van der Waals surface area (Å²) in [5, 5.41) is 9.55. The zero-order valence-electron chi connectivity index (χ0n) is 6.00. The van der Waals surface area contributed by atoms with Gasteiger partial charge in [-0.2, -0.15) is 0 Å². The molecule has 0 spiro atoms. The van der Waals surface area contributed by atoms with Gasteiger partial charge in [0.05, 0.1) is 11.8 Å². The fourth-order valence-electron chi connectivity index (χ4n) is 1.19. The number of aromatic amines is 1. The first-order chi connectivity index (χ1) is 5.38. The summed E-state index contributed by atoms with van der Waals surface area (Å²) in [7, 11) is 0. The summed E-state index contributed by atoms with van der Waals surface area (Å²) in [6.07, 6.45) is 2.30. The van der Waals surface area contributed by atoms with Crippen molar-refractivity contribution in [2.75, 3.05) is 6.54 Å². The van der Waals surface area contributed by atoms with Crippen molar-refractivity contribution in [2.24, 2.45) is 0 Å². The third kappa shape index (κ3) is 1.29. The van der Waals surface area contributed by atoms with E-state index in [1.807, 2.05) is 12.3 Å². The Morgan fingerprint density at radius 2 is 2.55 bits per heavy atom. The lowest BCUT2D eigenvalue weighted by Crippen LogP contribution is -2.05. The molecular formula is C7H10N2OS. The van der Waals surface area contributed by atoms with Crippen LogP contribution in [-0.4, -0.2) is 16.6 Å². The van der Waals surface area contributed by atoms with Crippen molar-refractivity contribution in [3.8, 4) is 0 Å². The molecule has 2 heterocycles. The van der Waals surface area contributed by atoms with Crippen molar-refractivity contribution in [3.63, 3.8) is 0 Å². The summed E-state index contributed by atoms with van der Waals surface area (Å²) < 4.78 is 3.16. The second-order valence-corrected chi connectivity index (χ2v) is 3.49. The molecule has 0 aromatic carbocycles. The molecule has 4 heteroatoms. The van der Waals surface area contributed by atoms with Crippen molar-refractivity contribution in [3.05, 3.63) is 18.0 Å². The van der Waals surface area contributed by atoms with Gasteiger partial charge in [-0.3, -0.25) is 4.72 Å². The van der Waals surface area contributed by atoms with E-state index < -0.39 is 0 Å². The van der Waals surface area contributed by atoms with Crippen molar-refractivity contribution < 1.29 is 5.11 Å². The molecular weight excluding hydrogens is 160 g/mol. The van der Waals surface area contributed by atoms with Crippen LogP contribution in [0, 0.1) is 0 Å². The van der Waals surface area contributed by atoms with Gasteiger partial charge in [0.15, 0.2) is 0 Å². The molecule has 0 aliphatic carbocycles. The van der Waals surface area contributed by atoms with Gasteiger partial charge >= 0.3 is 0 Å².